The van der Waals surface area contributed by atoms with E-state index in [1.165, 1.54) is 22.3 Å². The fraction of sp³-hybridized carbons (Fsp3) is 0.357. The molecule has 3 aromatic carbocycles. The zero-order valence-electron chi connectivity index (χ0n) is 19.0. The Balaban J connectivity index is 1.38. The molecule has 3 atom stereocenters. The number of hydrogen-bond acceptors (Lipinski definition) is 4. The largest absolute Gasteiger partial charge is 0.493 e. The lowest BCUT2D eigenvalue weighted by atomic mass is 9.78. The van der Waals surface area contributed by atoms with E-state index in [1.807, 2.05) is 18.2 Å². The summed E-state index contributed by atoms with van der Waals surface area (Å²) in [6.45, 7) is 4.75. The second-order valence-corrected chi connectivity index (χ2v) is 9.16. The average molecular weight is 429 g/mol. The van der Waals surface area contributed by atoms with Crippen molar-refractivity contribution in [3.63, 3.8) is 0 Å². The Morgan fingerprint density at radius 2 is 1.84 bits per heavy atom. The van der Waals surface area contributed by atoms with Gasteiger partial charge in [0.05, 0.1) is 7.11 Å². The van der Waals surface area contributed by atoms with E-state index < -0.39 is 0 Å². The van der Waals surface area contributed by atoms with Gasteiger partial charge in [-0.2, -0.15) is 0 Å². The molecule has 4 nitrogen and oxygen atoms in total. The molecule has 2 aliphatic rings. The summed E-state index contributed by atoms with van der Waals surface area (Å²) < 4.78 is 11.9. The Kier molecular flexibility index (Phi) is 5.90. The molecule has 0 bridgehead atoms. The molecule has 0 aliphatic carbocycles. The second-order valence-electron chi connectivity index (χ2n) is 9.16. The molecule has 0 amide bonds. The highest BCUT2D eigenvalue weighted by molar-refractivity contribution is 5.50. The number of nitrogens with two attached hydrogens (primary N) is 1. The van der Waals surface area contributed by atoms with E-state index >= 15 is 0 Å². The number of methoxy groups -OCH3 is 1. The topological polar surface area (TPSA) is 47.7 Å². The van der Waals surface area contributed by atoms with Gasteiger partial charge in [-0.05, 0) is 54.2 Å². The van der Waals surface area contributed by atoms with Crippen LogP contribution in [-0.2, 0) is 13.0 Å². The van der Waals surface area contributed by atoms with Crippen LogP contribution in [0.1, 0.15) is 46.2 Å². The minimum absolute atomic E-state index is 0.143. The van der Waals surface area contributed by atoms with Gasteiger partial charge in [0.15, 0.2) is 11.5 Å². The molecule has 166 valence electrons. The van der Waals surface area contributed by atoms with E-state index in [9.17, 15) is 0 Å². The van der Waals surface area contributed by atoms with Gasteiger partial charge in [-0.3, -0.25) is 4.90 Å². The van der Waals surface area contributed by atoms with Gasteiger partial charge in [0.25, 0.3) is 0 Å². The summed E-state index contributed by atoms with van der Waals surface area (Å²) in [5.74, 6) is 2.00. The summed E-state index contributed by atoms with van der Waals surface area (Å²) in [5, 5.41) is 0. The Morgan fingerprint density at radius 1 is 1.00 bits per heavy atom. The first-order chi connectivity index (χ1) is 15.6. The van der Waals surface area contributed by atoms with Crippen LogP contribution in [0.15, 0.2) is 66.7 Å². The van der Waals surface area contributed by atoms with Crippen LogP contribution < -0.4 is 15.2 Å². The number of hydrogen-bond donors (Lipinski definition) is 1. The Bertz CT molecular complexity index is 1080. The van der Waals surface area contributed by atoms with E-state index in [2.05, 4.69) is 60.4 Å². The maximum absolute atomic E-state index is 6.76. The van der Waals surface area contributed by atoms with Crippen molar-refractivity contribution in [3.8, 4) is 11.5 Å². The zero-order valence-corrected chi connectivity index (χ0v) is 19.0. The first-order valence-corrected chi connectivity index (χ1v) is 11.6. The number of nitrogens with zero attached hydrogens (tertiary/aromatic N) is 1. The minimum Gasteiger partial charge on any atom is -0.493 e. The van der Waals surface area contributed by atoms with Crippen LogP contribution in [0.4, 0.5) is 0 Å². The van der Waals surface area contributed by atoms with Gasteiger partial charge in [-0.1, -0.05) is 60.2 Å². The van der Waals surface area contributed by atoms with Crippen LogP contribution in [0.3, 0.4) is 0 Å². The maximum atomic E-state index is 6.76. The van der Waals surface area contributed by atoms with Crippen LogP contribution in [0, 0.1) is 6.92 Å². The fourth-order valence-electron chi connectivity index (χ4n) is 5.33. The van der Waals surface area contributed by atoms with E-state index in [4.69, 9.17) is 15.2 Å². The van der Waals surface area contributed by atoms with E-state index in [1.54, 1.807) is 7.11 Å². The molecule has 3 aromatic rings. The van der Waals surface area contributed by atoms with Gasteiger partial charge in [0.1, 0.15) is 6.61 Å². The molecule has 0 unspecified atom stereocenters. The van der Waals surface area contributed by atoms with Crippen LogP contribution in [0.5, 0.6) is 11.5 Å². The predicted molar refractivity (Wildman–Crippen MR) is 128 cm³/mol. The van der Waals surface area contributed by atoms with Crippen molar-refractivity contribution >= 4 is 0 Å². The molecule has 1 saturated heterocycles. The lowest BCUT2D eigenvalue weighted by Crippen LogP contribution is -2.49. The smallest absolute Gasteiger partial charge is 0.161 e. The normalized spacial score (nSPS) is 22.7. The maximum Gasteiger partial charge on any atom is 0.161 e. The summed E-state index contributed by atoms with van der Waals surface area (Å²) >= 11 is 0. The molecule has 0 saturated carbocycles. The third-order valence-corrected chi connectivity index (χ3v) is 7.04. The summed E-state index contributed by atoms with van der Waals surface area (Å²) in [5.41, 5.74) is 13.3. The molecule has 4 heteroatoms. The summed E-state index contributed by atoms with van der Waals surface area (Å²) in [7, 11) is 1.72. The Labute approximate surface area is 191 Å². The number of rotatable bonds is 5. The molecule has 32 heavy (non-hydrogen) atoms. The van der Waals surface area contributed by atoms with Gasteiger partial charge in [0.2, 0.25) is 0 Å². The number of aryl methyl sites for hydroxylation is 1. The number of ether oxygens (including phenoxy) is 2. The van der Waals surface area contributed by atoms with Gasteiger partial charge in [-0.15, -0.1) is 0 Å². The van der Waals surface area contributed by atoms with Gasteiger partial charge in [0, 0.05) is 31.1 Å². The minimum atomic E-state index is 0.143. The SMILES string of the molecule is COc1cc2c(cc1OCc1ccccc1)CCN1C[C@@H](c3cccc(C)c3)[C@H](N)C[C@H]21. The van der Waals surface area contributed by atoms with Crippen LogP contribution in [0.2, 0.25) is 0 Å². The van der Waals surface area contributed by atoms with Crippen molar-refractivity contribution in [1.82, 2.24) is 4.90 Å². The highest BCUT2D eigenvalue weighted by Gasteiger charge is 2.38. The summed E-state index contributed by atoms with van der Waals surface area (Å²) in [6, 6.07) is 23.9. The third kappa shape index (κ3) is 4.13. The molecule has 0 spiro atoms. The van der Waals surface area contributed by atoms with Crippen molar-refractivity contribution in [1.29, 1.82) is 0 Å². The lowest BCUT2D eigenvalue weighted by Gasteiger charge is -2.46. The molecular weight excluding hydrogens is 396 g/mol. The predicted octanol–water partition coefficient (Wildman–Crippen LogP) is 5.00. The van der Waals surface area contributed by atoms with Gasteiger partial charge >= 0.3 is 0 Å². The van der Waals surface area contributed by atoms with Crippen LogP contribution in [0.25, 0.3) is 0 Å². The van der Waals surface area contributed by atoms with Crippen molar-refractivity contribution in [3.05, 3.63) is 94.5 Å². The fourth-order valence-corrected chi connectivity index (χ4v) is 5.33. The van der Waals surface area contributed by atoms with Crippen molar-refractivity contribution in [2.45, 2.75) is 44.4 Å². The Morgan fingerprint density at radius 3 is 2.62 bits per heavy atom. The summed E-state index contributed by atoms with van der Waals surface area (Å²) in [4.78, 5) is 2.61. The molecular formula is C28H32N2O2. The molecule has 5 rings (SSSR count). The summed E-state index contributed by atoms with van der Waals surface area (Å²) in [6.07, 6.45) is 1.98. The molecule has 2 N–H and O–H groups in total. The quantitative estimate of drug-likeness (QED) is 0.622. The number of benzene rings is 3. The lowest BCUT2D eigenvalue weighted by molar-refractivity contribution is 0.109. The third-order valence-electron chi connectivity index (χ3n) is 7.04. The standard InChI is InChI=1S/C28H32N2O2/c1-19-7-6-10-21(13-19)24-17-30-12-11-22-14-28(32-18-20-8-4-3-5-9-20)27(31-2)15-23(22)26(30)16-25(24)29/h3-10,13-15,24-26H,11-12,16-18,29H2,1-2H3/t24-,25+,26+/m0/s1. The van der Waals surface area contributed by atoms with Crippen molar-refractivity contribution in [2.75, 3.05) is 20.2 Å². The molecule has 0 aromatic heterocycles. The molecule has 2 aliphatic heterocycles. The highest BCUT2D eigenvalue weighted by Crippen LogP contribution is 2.44. The first kappa shape index (κ1) is 21.0. The second kappa shape index (κ2) is 8.97. The number of piperidine rings is 1. The monoisotopic (exact) mass is 428 g/mol. The molecule has 1 fully saturated rings. The van der Waals surface area contributed by atoms with Gasteiger partial charge in [-0.25, -0.2) is 0 Å². The van der Waals surface area contributed by atoms with Gasteiger partial charge < -0.3 is 15.2 Å². The van der Waals surface area contributed by atoms with Crippen LogP contribution in [-0.4, -0.2) is 31.1 Å². The molecule has 0 radical (unpaired) electrons. The number of fused-ring (bicyclic) bond motifs is 3. The van der Waals surface area contributed by atoms with E-state index in [0.29, 0.717) is 18.6 Å². The average Bonchev–Trinajstić information content (AvgIpc) is 2.82. The first-order valence-electron chi connectivity index (χ1n) is 11.6. The highest BCUT2D eigenvalue weighted by atomic mass is 16.5. The van der Waals surface area contributed by atoms with Crippen molar-refractivity contribution < 1.29 is 9.47 Å². The van der Waals surface area contributed by atoms with Crippen molar-refractivity contribution in [2.24, 2.45) is 5.73 Å². The van der Waals surface area contributed by atoms with E-state index in [-0.39, 0.29) is 6.04 Å². The zero-order chi connectivity index (χ0) is 22.1. The van der Waals surface area contributed by atoms with Crippen LogP contribution >= 0.6 is 0 Å². The van der Waals surface area contributed by atoms with E-state index in [0.717, 1.165) is 43.0 Å². The molecule has 2 heterocycles. The Hall–Kier alpha value is -2.82.